The highest BCUT2D eigenvalue weighted by Crippen LogP contribution is 2.28. The molecule has 2 aromatic carbocycles. The van der Waals surface area contributed by atoms with Crippen LogP contribution in [0.15, 0.2) is 36.4 Å². The minimum atomic E-state index is -0.944. The van der Waals surface area contributed by atoms with Crippen molar-refractivity contribution in [3.05, 3.63) is 53.1 Å². The second kappa shape index (κ2) is 4.53. The molecule has 0 bridgehead atoms. The monoisotopic (exact) mass is 241 g/mol. The van der Waals surface area contributed by atoms with E-state index in [4.69, 9.17) is 10.8 Å². The maximum Gasteiger partial charge on any atom is 0.335 e. The Morgan fingerprint density at radius 3 is 2.39 bits per heavy atom. The van der Waals surface area contributed by atoms with Crippen molar-refractivity contribution in [1.29, 1.82) is 0 Å². The van der Waals surface area contributed by atoms with Crippen LogP contribution in [0.2, 0.25) is 0 Å². The lowest BCUT2D eigenvalue weighted by Crippen LogP contribution is -1.99. The first-order valence-electron chi connectivity index (χ1n) is 5.69. The summed E-state index contributed by atoms with van der Waals surface area (Å²) in [6.07, 6.45) is 0. The molecule has 0 amide bonds. The largest absolute Gasteiger partial charge is 0.478 e. The van der Waals surface area contributed by atoms with Gasteiger partial charge in [0.15, 0.2) is 0 Å². The van der Waals surface area contributed by atoms with Gasteiger partial charge in [0.05, 0.1) is 5.56 Å². The molecule has 0 saturated heterocycles. The van der Waals surface area contributed by atoms with Gasteiger partial charge in [-0.05, 0) is 48.7 Å². The Balaban J connectivity index is 2.58. The van der Waals surface area contributed by atoms with E-state index < -0.39 is 5.97 Å². The Bertz CT molecular complexity index is 618. The van der Waals surface area contributed by atoms with E-state index in [1.54, 1.807) is 12.1 Å². The van der Waals surface area contributed by atoms with Gasteiger partial charge in [-0.1, -0.05) is 18.2 Å². The summed E-state index contributed by atoms with van der Waals surface area (Å²) in [6.45, 7) is 4.06. The molecule has 0 unspecified atom stereocenters. The Hall–Kier alpha value is -2.29. The van der Waals surface area contributed by atoms with Crippen molar-refractivity contribution in [1.82, 2.24) is 0 Å². The number of anilines is 1. The molecule has 0 aromatic heterocycles. The highest BCUT2D eigenvalue weighted by molar-refractivity contribution is 5.91. The molecule has 0 atom stereocenters. The number of hydrogen-bond donors (Lipinski definition) is 2. The molecule has 2 rings (SSSR count). The van der Waals surface area contributed by atoms with Crippen LogP contribution in [0.3, 0.4) is 0 Å². The number of aromatic carboxylic acids is 1. The molecule has 0 heterocycles. The molecule has 3 heteroatoms. The van der Waals surface area contributed by atoms with Crippen molar-refractivity contribution < 1.29 is 9.90 Å². The molecule has 2 aromatic rings. The molecule has 0 aliphatic rings. The summed E-state index contributed by atoms with van der Waals surface area (Å²) >= 11 is 0. The van der Waals surface area contributed by atoms with Crippen LogP contribution in [0.25, 0.3) is 11.1 Å². The van der Waals surface area contributed by atoms with Crippen molar-refractivity contribution in [3.8, 4) is 11.1 Å². The zero-order chi connectivity index (χ0) is 13.3. The first kappa shape index (κ1) is 12.2. The number of rotatable bonds is 2. The summed E-state index contributed by atoms with van der Waals surface area (Å²) in [7, 11) is 0. The zero-order valence-electron chi connectivity index (χ0n) is 10.4. The highest BCUT2D eigenvalue weighted by atomic mass is 16.4. The fraction of sp³-hybridized carbons (Fsp3) is 0.133. The van der Waals surface area contributed by atoms with Crippen LogP contribution < -0.4 is 5.73 Å². The second-order valence-electron chi connectivity index (χ2n) is 4.41. The standard InChI is InChI=1S/C15H15NO2/c1-9-3-4-11(7-10(9)2)13-8-12(15(17)18)5-6-14(13)16/h3-8H,16H2,1-2H3,(H,17,18). The molecule has 18 heavy (non-hydrogen) atoms. The number of carbonyl (C=O) groups is 1. The van der Waals surface area contributed by atoms with E-state index >= 15 is 0 Å². The fourth-order valence-electron chi connectivity index (χ4n) is 1.85. The molecule has 0 aliphatic carbocycles. The van der Waals surface area contributed by atoms with E-state index in [0.29, 0.717) is 5.69 Å². The average Bonchev–Trinajstić information content (AvgIpc) is 2.33. The van der Waals surface area contributed by atoms with E-state index in [9.17, 15) is 4.79 Å². The summed E-state index contributed by atoms with van der Waals surface area (Å²) in [5.41, 5.74) is 10.8. The maximum absolute atomic E-state index is 11.0. The molecule has 0 spiro atoms. The Morgan fingerprint density at radius 2 is 1.78 bits per heavy atom. The summed E-state index contributed by atoms with van der Waals surface area (Å²) in [5, 5.41) is 9.00. The molecular formula is C15H15NO2. The molecular weight excluding hydrogens is 226 g/mol. The third kappa shape index (κ3) is 2.20. The van der Waals surface area contributed by atoms with Gasteiger partial charge < -0.3 is 10.8 Å². The van der Waals surface area contributed by atoms with E-state index in [0.717, 1.165) is 16.7 Å². The highest BCUT2D eigenvalue weighted by Gasteiger charge is 2.09. The number of carboxylic acid groups (broad SMARTS) is 1. The molecule has 92 valence electrons. The van der Waals surface area contributed by atoms with Crippen molar-refractivity contribution in [2.45, 2.75) is 13.8 Å². The lowest BCUT2D eigenvalue weighted by Gasteiger charge is -2.09. The van der Waals surface area contributed by atoms with Gasteiger partial charge in [-0.3, -0.25) is 0 Å². The number of aryl methyl sites for hydroxylation is 2. The predicted octanol–water partition coefficient (Wildman–Crippen LogP) is 3.25. The first-order valence-corrected chi connectivity index (χ1v) is 5.69. The lowest BCUT2D eigenvalue weighted by atomic mass is 9.98. The number of nitrogens with two attached hydrogens (primary N) is 1. The van der Waals surface area contributed by atoms with Crippen molar-refractivity contribution >= 4 is 11.7 Å². The van der Waals surface area contributed by atoms with Crippen molar-refractivity contribution in [2.24, 2.45) is 0 Å². The molecule has 3 N–H and O–H groups in total. The number of hydrogen-bond acceptors (Lipinski definition) is 2. The summed E-state index contributed by atoms with van der Waals surface area (Å²) in [5.74, 6) is -0.944. The van der Waals surface area contributed by atoms with Gasteiger partial charge in [-0.25, -0.2) is 4.79 Å². The van der Waals surface area contributed by atoms with Crippen LogP contribution in [0.1, 0.15) is 21.5 Å². The van der Waals surface area contributed by atoms with Crippen LogP contribution in [-0.2, 0) is 0 Å². The van der Waals surface area contributed by atoms with E-state index in [2.05, 4.69) is 0 Å². The Labute approximate surface area is 106 Å². The second-order valence-corrected chi connectivity index (χ2v) is 4.41. The van der Waals surface area contributed by atoms with Gasteiger partial charge in [0, 0.05) is 11.3 Å². The Morgan fingerprint density at radius 1 is 1.06 bits per heavy atom. The minimum absolute atomic E-state index is 0.248. The quantitative estimate of drug-likeness (QED) is 0.793. The maximum atomic E-state index is 11.0. The average molecular weight is 241 g/mol. The zero-order valence-corrected chi connectivity index (χ0v) is 10.4. The van der Waals surface area contributed by atoms with Gasteiger partial charge in [0.1, 0.15) is 0 Å². The third-order valence-corrected chi connectivity index (χ3v) is 3.12. The van der Waals surface area contributed by atoms with Crippen molar-refractivity contribution in [3.63, 3.8) is 0 Å². The SMILES string of the molecule is Cc1ccc(-c2cc(C(=O)O)ccc2N)cc1C. The normalized spacial score (nSPS) is 10.3. The summed E-state index contributed by atoms with van der Waals surface area (Å²) < 4.78 is 0. The van der Waals surface area contributed by atoms with E-state index in [1.807, 2.05) is 32.0 Å². The van der Waals surface area contributed by atoms with E-state index in [-0.39, 0.29) is 5.56 Å². The van der Waals surface area contributed by atoms with Gasteiger partial charge >= 0.3 is 5.97 Å². The smallest absolute Gasteiger partial charge is 0.335 e. The summed E-state index contributed by atoms with van der Waals surface area (Å²) in [6, 6.07) is 10.8. The van der Waals surface area contributed by atoms with Crippen LogP contribution in [0.4, 0.5) is 5.69 Å². The molecule has 3 nitrogen and oxygen atoms in total. The van der Waals surface area contributed by atoms with Gasteiger partial charge in [0.25, 0.3) is 0 Å². The van der Waals surface area contributed by atoms with Crippen LogP contribution in [0.5, 0.6) is 0 Å². The van der Waals surface area contributed by atoms with Crippen LogP contribution >= 0.6 is 0 Å². The summed E-state index contributed by atoms with van der Waals surface area (Å²) in [4.78, 5) is 11.0. The number of nitrogen functional groups attached to an aromatic ring is 1. The van der Waals surface area contributed by atoms with Crippen LogP contribution in [0, 0.1) is 13.8 Å². The molecule has 0 radical (unpaired) electrons. The Kier molecular flexibility index (Phi) is 3.06. The number of carboxylic acids is 1. The first-order chi connectivity index (χ1) is 8.49. The minimum Gasteiger partial charge on any atom is -0.478 e. The molecule has 0 aliphatic heterocycles. The predicted molar refractivity (Wildman–Crippen MR) is 72.7 cm³/mol. The fourth-order valence-corrected chi connectivity index (χ4v) is 1.85. The molecule has 0 saturated carbocycles. The van der Waals surface area contributed by atoms with Gasteiger partial charge in [-0.15, -0.1) is 0 Å². The van der Waals surface area contributed by atoms with Crippen molar-refractivity contribution in [2.75, 3.05) is 5.73 Å². The topological polar surface area (TPSA) is 63.3 Å². The lowest BCUT2D eigenvalue weighted by molar-refractivity contribution is 0.0697. The number of benzene rings is 2. The molecule has 0 fully saturated rings. The van der Waals surface area contributed by atoms with Crippen LogP contribution in [-0.4, -0.2) is 11.1 Å². The van der Waals surface area contributed by atoms with Gasteiger partial charge in [0.2, 0.25) is 0 Å². The van der Waals surface area contributed by atoms with Gasteiger partial charge in [-0.2, -0.15) is 0 Å². The van der Waals surface area contributed by atoms with E-state index in [1.165, 1.54) is 11.6 Å². The third-order valence-electron chi connectivity index (χ3n) is 3.12.